The van der Waals surface area contributed by atoms with E-state index >= 15 is 0 Å². The highest BCUT2D eigenvalue weighted by atomic mass is 19.1. The van der Waals surface area contributed by atoms with E-state index < -0.39 is 23.6 Å². The molecule has 0 heterocycles. The molecule has 3 nitrogen and oxygen atoms in total. The van der Waals surface area contributed by atoms with E-state index in [1.807, 2.05) is 13.8 Å². The summed E-state index contributed by atoms with van der Waals surface area (Å²) in [5, 5.41) is 8.47. The molecule has 1 unspecified atom stereocenters. The summed E-state index contributed by atoms with van der Waals surface area (Å²) >= 11 is 0. The average molecular weight is 327 g/mol. The van der Waals surface area contributed by atoms with Crippen LogP contribution in [0.3, 0.4) is 0 Å². The van der Waals surface area contributed by atoms with E-state index in [-0.39, 0.29) is 17.8 Å². The summed E-state index contributed by atoms with van der Waals surface area (Å²) in [6.07, 6.45) is -0.0932. The second-order valence-electron chi connectivity index (χ2n) is 4.22. The van der Waals surface area contributed by atoms with Gasteiger partial charge in [-0.15, -0.1) is 0 Å². The van der Waals surface area contributed by atoms with Crippen LogP contribution in [0.2, 0.25) is 0 Å². The number of halogens is 3. The number of carboxylic acid groups (broad SMARTS) is 1. The third-order valence-corrected chi connectivity index (χ3v) is 2.43. The van der Waals surface area contributed by atoms with Crippen LogP contribution < -0.4 is 5.73 Å². The minimum absolute atomic E-state index is 0.0932. The predicted molar refractivity (Wildman–Crippen MR) is 83.4 cm³/mol. The molecule has 0 aromatic heterocycles. The Balaban J connectivity index is 0.000000449. The molecule has 0 saturated carbocycles. The van der Waals surface area contributed by atoms with Gasteiger partial charge in [-0.05, 0) is 36.2 Å². The molecule has 6 heteroatoms. The Morgan fingerprint density at radius 1 is 1.00 bits per heavy atom. The molecule has 126 valence electrons. The van der Waals surface area contributed by atoms with Crippen LogP contribution in [0, 0.1) is 17.5 Å². The molecule has 3 N–H and O–H groups in total. The molecule has 0 aliphatic carbocycles. The highest BCUT2D eigenvalue weighted by Crippen LogP contribution is 2.09. The van der Waals surface area contributed by atoms with Crippen molar-refractivity contribution < 1.29 is 23.1 Å². The first-order chi connectivity index (χ1) is 10.9. The summed E-state index contributed by atoms with van der Waals surface area (Å²) in [4.78, 5) is 10.4. The topological polar surface area (TPSA) is 63.3 Å². The van der Waals surface area contributed by atoms with Crippen molar-refractivity contribution in [2.24, 2.45) is 5.73 Å². The van der Waals surface area contributed by atoms with E-state index in [1.54, 1.807) is 18.2 Å². The van der Waals surface area contributed by atoms with Gasteiger partial charge in [-0.1, -0.05) is 32.0 Å². The van der Waals surface area contributed by atoms with Crippen LogP contribution in [-0.2, 0) is 11.2 Å². The van der Waals surface area contributed by atoms with Gasteiger partial charge >= 0.3 is 5.97 Å². The van der Waals surface area contributed by atoms with Crippen LogP contribution in [0.15, 0.2) is 48.5 Å². The highest BCUT2D eigenvalue weighted by Gasteiger charge is 2.13. The molecule has 2 aromatic carbocycles. The zero-order valence-corrected chi connectivity index (χ0v) is 13.0. The van der Waals surface area contributed by atoms with Crippen molar-refractivity contribution in [3.8, 4) is 0 Å². The number of hydrogen-bond donors (Lipinski definition) is 2. The second kappa shape index (κ2) is 11.3. The fourth-order valence-corrected chi connectivity index (χ4v) is 1.48. The standard InChI is InChI=1S/C9H9F2NO2.C6H5F.C2H6/c10-6-1-5(2-7(11)4-6)3-8(12)9(13)14;7-6-4-2-1-3-5-6;1-2/h1-2,4,8H,3,12H2,(H,13,14);1-5H;1-2H3. The van der Waals surface area contributed by atoms with Crippen molar-refractivity contribution in [2.75, 3.05) is 0 Å². The molecule has 0 spiro atoms. The summed E-state index contributed by atoms with van der Waals surface area (Å²) in [6, 6.07) is 9.64. The minimum atomic E-state index is -1.20. The number of nitrogens with two attached hydrogens (primary N) is 1. The van der Waals surface area contributed by atoms with E-state index in [4.69, 9.17) is 10.8 Å². The summed E-state index contributed by atoms with van der Waals surface area (Å²) < 4.78 is 37.2. The Morgan fingerprint density at radius 2 is 1.48 bits per heavy atom. The van der Waals surface area contributed by atoms with Gasteiger partial charge in [-0.25, -0.2) is 13.2 Å². The molecule has 0 bridgehead atoms. The summed E-state index contributed by atoms with van der Waals surface area (Å²) in [7, 11) is 0. The van der Waals surface area contributed by atoms with Gasteiger partial charge in [-0.2, -0.15) is 0 Å². The van der Waals surface area contributed by atoms with Gasteiger partial charge in [0.25, 0.3) is 0 Å². The molecule has 23 heavy (non-hydrogen) atoms. The van der Waals surface area contributed by atoms with Gasteiger partial charge in [0.2, 0.25) is 0 Å². The molecule has 0 fully saturated rings. The molecule has 0 radical (unpaired) electrons. The molecule has 2 rings (SSSR count). The quantitative estimate of drug-likeness (QED) is 0.902. The van der Waals surface area contributed by atoms with Crippen LogP contribution in [0.25, 0.3) is 0 Å². The zero-order valence-electron chi connectivity index (χ0n) is 13.0. The van der Waals surface area contributed by atoms with Crippen LogP contribution in [-0.4, -0.2) is 17.1 Å². The Hall–Kier alpha value is -2.34. The Bertz CT molecular complexity index is 571. The maximum Gasteiger partial charge on any atom is 0.320 e. The molecular weight excluding hydrogens is 307 g/mol. The van der Waals surface area contributed by atoms with Crippen molar-refractivity contribution in [1.82, 2.24) is 0 Å². The lowest BCUT2D eigenvalue weighted by Crippen LogP contribution is -2.32. The first-order valence-corrected chi connectivity index (χ1v) is 7.02. The summed E-state index contributed by atoms with van der Waals surface area (Å²) in [5.41, 5.74) is 5.44. The van der Waals surface area contributed by atoms with Crippen molar-refractivity contribution in [1.29, 1.82) is 0 Å². The van der Waals surface area contributed by atoms with Gasteiger partial charge in [0.05, 0.1) is 0 Å². The maximum absolute atomic E-state index is 12.7. The number of aliphatic carboxylic acids is 1. The van der Waals surface area contributed by atoms with Gasteiger partial charge in [0.1, 0.15) is 23.5 Å². The van der Waals surface area contributed by atoms with Crippen LogP contribution in [0.5, 0.6) is 0 Å². The van der Waals surface area contributed by atoms with E-state index in [1.165, 1.54) is 12.1 Å². The van der Waals surface area contributed by atoms with Crippen LogP contribution >= 0.6 is 0 Å². The molecule has 0 aliphatic rings. The monoisotopic (exact) mass is 327 g/mol. The zero-order chi connectivity index (χ0) is 17.8. The van der Waals surface area contributed by atoms with E-state index in [9.17, 15) is 18.0 Å². The normalized spacial score (nSPS) is 10.5. The van der Waals surface area contributed by atoms with E-state index in [0.29, 0.717) is 0 Å². The molecule has 2 aromatic rings. The molecule has 0 amide bonds. The molecule has 0 saturated heterocycles. The molecular formula is C17H20F3NO2. The first-order valence-electron chi connectivity index (χ1n) is 7.02. The van der Waals surface area contributed by atoms with Crippen molar-refractivity contribution in [2.45, 2.75) is 26.3 Å². The lowest BCUT2D eigenvalue weighted by Gasteiger charge is -2.06. The van der Waals surface area contributed by atoms with Gasteiger partial charge in [0, 0.05) is 6.07 Å². The average Bonchev–Trinajstić information content (AvgIpc) is 2.49. The predicted octanol–water partition coefficient (Wildman–Crippen LogP) is 3.77. The minimum Gasteiger partial charge on any atom is -0.480 e. The highest BCUT2D eigenvalue weighted by molar-refractivity contribution is 5.73. The van der Waals surface area contributed by atoms with Crippen LogP contribution in [0.1, 0.15) is 19.4 Å². The first kappa shape index (κ1) is 20.7. The third kappa shape index (κ3) is 9.31. The summed E-state index contributed by atoms with van der Waals surface area (Å²) in [5.74, 6) is -2.85. The van der Waals surface area contributed by atoms with E-state index in [0.717, 1.165) is 18.2 Å². The lowest BCUT2D eigenvalue weighted by atomic mass is 10.1. The van der Waals surface area contributed by atoms with Crippen molar-refractivity contribution in [3.63, 3.8) is 0 Å². The largest absolute Gasteiger partial charge is 0.480 e. The SMILES string of the molecule is CC.Fc1ccccc1.NC(Cc1cc(F)cc(F)c1)C(=O)O. The fraction of sp³-hybridized carbons (Fsp3) is 0.235. The number of carboxylic acids is 1. The maximum atomic E-state index is 12.7. The van der Waals surface area contributed by atoms with Crippen LogP contribution in [0.4, 0.5) is 13.2 Å². The lowest BCUT2D eigenvalue weighted by molar-refractivity contribution is -0.138. The third-order valence-electron chi connectivity index (χ3n) is 2.43. The van der Waals surface area contributed by atoms with Crippen molar-refractivity contribution in [3.05, 3.63) is 71.5 Å². The molecule has 1 atom stereocenters. The number of hydrogen-bond acceptors (Lipinski definition) is 2. The van der Waals surface area contributed by atoms with Gasteiger partial charge in [0.15, 0.2) is 0 Å². The van der Waals surface area contributed by atoms with Gasteiger partial charge in [-0.3, -0.25) is 4.79 Å². The van der Waals surface area contributed by atoms with Gasteiger partial charge < -0.3 is 10.8 Å². The van der Waals surface area contributed by atoms with E-state index in [2.05, 4.69) is 0 Å². The summed E-state index contributed by atoms with van der Waals surface area (Å²) in [6.45, 7) is 4.00. The number of benzene rings is 2. The molecule has 0 aliphatic heterocycles. The Morgan fingerprint density at radius 3 is 1.83 bits per heavy atom. The Labute approximate surface area is 133 Å². The Kier molecular flexibility index (Phi) is 10.1. The number of carbonyl (C=O) groups is 1. The van der Waals surface area contributed by atoms with Crippen molar-refractivity contribution >= 4 is 5.97 Å². The smallest absolute Gasteiger partial charge is 0.320 e. The fourth-order valence-electron chi connectivity index (χ4n) is 1.48. The second-order valence-corrected chi connectivity index (χ2v) is 4.22. The number of rotatable bonds is 3.